The zero-order valence-electron chi connectivity index (χ0n) is 18.8. The lowest BCUT2D eigenvalue weighted by atomic mass is 10.1. The van der Waals surface area contributed by atoms with Gasteiger partial charge in [0, 0.05) is 38.4 Å². The molecule has 2 aromatic carbocycles. The molecule has 0 bridgehead atoms. The Kier molecular flexibility index (Phi) is 8.61. The fourth-order valence-corrected chi connectivity index (χ4v) is 2.67. The van der Waals surface area contributed by atoms with Gasteiger partial charge >= 0.3 is 0 Å². The summed E-state index contributed by atoms with van der Waals surface area (Å²) in [7, 11) is 3.53. The van der Waals surface area contributed by atoms with Crippen LogP contribution >= 0.6 is 0 Å². The molecular formula is C24H31N3O4. The summed E-state index contributed by atoms with van der Waals surface area (Å²) >= 11 is 0. The number of nitrogens with one attached hydrogen (secondary N) is 1. The highest BCUT2D eigenvalue weighted by Gasteiger charge is 2.10. The van der Waals surface area contributed by atoms with E-state index in [1.165, 1.54) is 0 Å². The van der Waals surface area contributed by atoms with Crippen LogP contribution in [0.3, 0.4) is 0 Å². The first-order valence-electron chi connectivity index (χ1n) is 10.1. The first-order valence-corrected chi connectivity index (χ1v) is 10.1. The number of benzene rings is 2. The normalized spacial score (nSPS) is 10.7. The highest BCUT2D eigenvalue weighted by atomic mass is 16.5. The number of hydrogen-bond donors (Lipinski definition) is 1. The van der Waals surface area contributed by atoms with Crippen molar-refractivity contribution in [3.63, 3.8) is 0 Å². The summed E-state index contributed by atoms with van der Waals surface area (Å²) in [5.74, 6) is 0.903. The first-order chi connectivity index (χ1) is 14.7. The Balaban J connectivity index is 0.000000423. The average molecular weight is 426 g/mol. The van der Waals surface area contributed by atoms with Crippen LogP contribution in [-0.4, -0.2) is 47.2 Å². The van der Waals surface area contributed by atoms with Crippen molar-refractivity contribution in [3.8, 4) is 5.75 Å². The van der Waals surface area contributed by atoms with E-state index >= 15 is 0 Å². The third-order valence-electron chi connectivity index (χ3n) is 4.34. The maximum absolute atomic E-state index is 11.7. The van der Waals surface area contributed by atoms with Crippen LogP contribution in [0.5, 0.6) is 5.75 Å². The number of hydrogen-bond acceptors (Lipinski definition) is 5. The van der Waals surface area contributed by atoms with Gasteiger partial charge in [-0.2, -0.15) is 5.10 Å². The summed E-state index contributed by atoms with van der Waals surface area (Å²) < 4.78 is 10.4. The zero-order valence-corrected chi connectivity index (χ0v) is 18.8. The second-order valence-electron chi connectivity index (χ2n) is 8.27. The lowest BCUT2D eigenvalue weighted by Gasteiger charge is -2.14. The summed E-state index contributed by atoms with van der Waals surface area (Å²) in [6, 6.07) is 15.9. The second kappa shape index (κ2) is 11.2. The molecule has 0 aliphatic carbocycles. The van der Waals surface area contributed by atoms with E-state index in [1.807, 2.05) is 69.3 Å². The Bertz CT molecular complexity index is 975. The topological polar surface area (TPSA) is 84.5 Å². The van der Waals surface area contributed by atoms with Crippen molar-refractivity contribution in [2.75, 3.05) is 14.1 Å². The fraction of sp³-hybridized carbons (Fsp3) is 0.375. The van der Waals surface area contributed by atoms with Gasteiger partial charge in [0.1, 0.15) is 18.0 Å². The minimum Gasteiger partial charge on any atom is -0.489 e. The fourth-order valence-electron chi connectivity index (χ4n) is 2.67. The summed E-state index contributed by atoms with van der Waals surface area (Å²) in [5, 5.41) is 8.40. The number of carbonyl (C=O) groups excluding carboxylic acids is 2. The molecule has 1 amide bonds. The predicted octanol–water partition coefficient (Wildman–Crippen LogP) is 4.12. The second-order valence-corrected chi connectivity index (χ2v) is 8.27. The van der Waals surface area contributed by atoms with E-state index in [0.717, 1.165) is 27.9 Å². The van der Waals surface area contributed by atoms with E-state index in [1.54, 1.807) is 19.0 Å². The van der Waals surface area contributed by atoms with Gasteiger partial charge in [-0.3, -0.25) is 14.7 Å². The van der Waals surface area contributed by atoms with Gasteiger partial charge in [0.2, 0.25) is 5.91 Å². The lowest BCUT2D eigenvalue weighted by Crippen LogP contribution is -2.21. The molecule has 166 valence electrons. The van der Waals surface area contributed by atoms with Gasteiger partial charge in [-0.1, -0.05) is 30.3 Å². The molecule has 0 fully saturated rings. The molecule has 0 atom stereocenters. The van der Waals surface area contributed by atoms with E-state index in [-0.39, 0.29) is 11.5 Å². The molecule has 31 heavy (non-hydrogen) atoms. The summed E-state index contributed by atoms with van der Waals surface area (Å²) in [5.41, 5.74) is 2.65. The molecule has 0 saturated carbocycles. The van der Waals surface area contributed by atoms with Gasteiger partial charge in [0.25, 0.3) is 6.47 Å². The van der Waals surface area contributed by atoms with Crippen molar-refractivity contribution in [3.05, 3.63) is 59.8 Å². The molecule has 0 unspecified atom stereocenters. The standard InChI is InChI=1S/C19H21N3O2.C5H10O2/c1-22(2)19(23)11-10-17-16-9-8-15(12-18(16)21-20-17)24-13-14-6-4-3-5-7-14;1-5(2,3)7-4-6/h3-9,12H,10-11,13H2,1-2H3,(H,20,21);4H,1-3H3. The smallest absolute Gasteiger partial charge is 0.293 e. The number of rotatable bonds is 7. The lowest BCUT2D eigenvalue weighted by molar-refractivity contribution is -0.138. The van der Waals surface area contributed by atoms with Crippen molar-refractivity contribution in [1.82, 2.24) is 15.1 Å². The molecule has 0 aliphatic heterocycles. The quantitative estimate of drug-likeness (QED) is 0.576. The van der Waals surface area contributed by atoms with Crippen LogP contribution in [0, 0.1) is 0 Å². The average Bonchev–Trinajstić information content (AvgIpc) is 3.13. The molecule has 1 aromatic heterocycles. The molecule has 0 radical (unpaired) electrons. The highest BCUT2D eigenvalue weighted by Crippen LogP contribution is 2.23. The number of aryl methyl sites for hydroxylation is 1. The van der Waals surface area contributed by atoms with E-state index in [2.05, 4.69) is 14.9 Å². The van der Waals surface area contributed by atoms with Crippen LogP contribution in [0.15, 0.2) is 48.5 Å². The number of ether oxygens (including phenoxy) is 2. The monoisotopic (exact) mass is 425 g/mol. The van der Waals surface area contributed by atoms with Crippen LogP contribution in [0.1, 0.15) is 38.4 Å². The number of fused-ring (bicyclic) bond motifs is 1. The van der Waals surface area contributed by atoms with Gasteiger partial charge in [0.15, 0.2) is 0 Å². The Morgan fingerprint density at radius 1 is 1.13 bits per heavy atom. The molecule has 0 spiro atoms. The van der Waals surface area contributed by atoms with Crippen molar-refractivity contribution in [2.45, 2.75) is 45.8 Å². The van der Waals surface area contributed by atoms with Gasteiger partial charge in [-0.25, -0.2) is 0 Å². The number of aromatic amines is 1. The van der Waals surface area contributed by atoms with Crippen molar-refractivity contribution in [1.29, 1.82) is 0 Å². The van der Waals surface area contributed by atoms with Gasteiger partial charge in [-0.15, -0.1) is 0 Å². The third kappa shape index (κ3) is 8.12. The number of nitrogens with zero attached hydrogens (tertiary/aromatic N) is 2. The van der Waals surface area contributed by atoms with Crippen molar-refractivity contribution in [2.24, 2.45) is 0 Å². The SMILES string of the molecule is CC(C)(C)OC=O.CN(C)C(=O)CCc1n[nH]c2cc(OCc3ccccc3)ccc12. The van der Waals surface area contributed by atoms with E-state index in [4.69, 9.17) is 4.74 Å². The maximum atomic E-state index is 11.7. The van der Waals surface area contributed by atoms with Crippen LogP contribution in [-0.2, 0) is 27.4 Å². The van der Waals surface area contributed by atoms with E-state index in [0.29, 0.717) is 25.9 Å². The number of H-pyrrole nitrogens is 1. The van der Waals surface area contributed by atoms with Gasteiger partial charge in [-0.05, 0) is 38.5 Å². The molecule has 7 nitrogen and oxygen atoms in total. The summed E-state index contributed by atoms with van der Waals surface area (Å²) in [6.07, 6.45) is 1.08. The molecule has 0 aliphatic rings. The number of aromatic nitrogens is 2. The van der Waals surface area contributed by atoms with E-state index < -0.39 is 0 Å². The Morgan fingerprint density at radius 3 is 2.42 bits per heavy atom. The molecule has 7 heteroatoms. The predicted molar refractivity (Wildman–Crippen MR) is 121 cm³/mol. The first kappa shape index (κ1) is 23.9. The molecule has 1 N–H and O–H groups in total. The van der Waals surface area contributed by atoms with Gasteiger partial charge in [0.05, 0.1) is 11.2 Å². The largest absolute Gasteiger partial charge is 0.489 e. The third-order valence-corrected chi connectivity index (χ3v) is 4.34. The maximum Gasteiger partial charge on any atom is 0.293 e. The highest BCUT2D eigenvalue weighted by molar-refractivity contribution is 5.83. The Morgan fingerprint density at radius 2 is 1.84 bits per heavy atom. The summed E-state index contributed by atoms with van der Waals surface area (Å²) in [6.45, 7) is 6.45. The summed E-state index contributed by atoms with van der Waals surface area (Å²) in [4.78, 5) is 22.9. The van der Waals surface area contributed by atoms with Crippen LogP contribution < -0.4 is 4.74 Å². The Hall–Kier alpha value is -3.35. The minimum atomic E-state index is -0.318. The van der Waals surface area contributed by atoms with E-state index in [9.17, 15) is 9.59 Å². The van der Waals surface area contributed by atoms with Crippen LogP contribution in [0.2, 0.25) is 0 Å². The van der Waals surface area contributed by atoms with Crippen LogP contribution in [0.25, 0.3) is 10.9 Å². The molecule has 1 heterocycles. The molecule has 3 rings (SSSR count). The number of carbonyl (C=O) groups is 2. The molecule has 0 saturated heterocycles. The minimum absolute atomic E-state index is 0.106. The molecule has 3 aromatic rings. The number of amides is 1. The van der Waals surface area contributed by atoms with Crippen molar-refractivity contribution < 1.29 is 19.1 Å². The van der Waals surface area contributed by atoms with Crippen LogP contribution in [0.4, 0.5) is 0 Å². The molecular weight excluding hydrogens is 394 g/mol. The zero-order chi connectivity index (χ0) is 22.9. The van der Waals surface area contributed by atoms with Gasteiger partial charge < -0.3 is 14.4 Å². The Labute approximate surface area is 183 Å². The van der Waals surface area contributed by atoms with Crippen molar-refractivity contribution >= 4 is 23.3 Å².